The maximum atomic E-state index is 5.38. The van der Waals surface area contributed by atoms with E-state index in [9.17, 15) is 0 Å². The van der Waals surface area contributed by atoms with Gasteiger partial charge in [0.15, 0.2) is 0 Å². The molecule has 0 aliphatic heterocycles. The van der Waals surface area contributed by atoms with Crippen LogP contribution in [0.3, 0.4) is 0 Å². The lowest BCUT2D eigenvalue weighted by molar-refractivity contribution is 0.256. The van der Waals surface area contributed by atoms with E-state index < -0.39 is 0 Å². The molecule has 1 unspecified atom stereocenters. The van der Waals surface area contributed by atoms with Gasteiger partial charge in [-0.05, 0) is 32.9 Å². The number of halogens is 1. The summed E-state index contributed by atoms with van der Waals surface area (Å²) in [5.74, 6) is 0.865. The van der Waals surface area contributed by atoms with Gasteiger partial charge in [0, 0.05) is 0 Å². The van der Waals surface area contributed by atoms with Crippen LogP contribution >= 0.6 is 26.0 Å². The molecule has 1 aromatic carbocycles. The van der Waals surface area contributed by atoms with Gasteiger partial charge in [0.1, 0.15) is 5.75 Å². The van der Waals surface area contributed by atoms with Crippen molar-refractivity contribution in [2.75, 3.05) is 0 Å². The third-order valence-electron chi connectivity index (χ3n) is 1.46. The molecule has 0 saturated heterocycles. The van der Waals surface area contributed by atoms with Gasteiger partial charge in [-0.1, -0.05) is 17.7 Å². The quantitative estimate of drug-likeness (QED) is 0.778. The second-order valence-electron chi connectivity index (χ2n) is 3.17. The zero-order chi connectivity index (χ0) is 9.68. The van der Waals surface area contributed by atoms with Gasteiger partial charge in [-0.3, -0.25) is 0 Å². The Hall–Kier alpha value is -0.110. The Morgan fingerprint density at radius 3 is 2.21 bits per heavy atom. The van der Waals surface area contributed by atoms with Gasteiger partial charge in [-0.25, -0.2) is 0 Å². The highest BCUT2D eigenvalue weighted by Crippen LogP contribution is 2.22. The predicted molar refractivity (Wildman–Crippen MR) is 66.7 cm³/mol. The summed E-state index contributed by atoms with van der Waals surface area (Å²) in [7, 11) is 0.0868. The van der Waals surface area contributed by atoms with Crippen molar-refractivity contribution in [1.29, 1.82) is 0 Å². The molecule has 1 atom stereocenters. The van der Waals surface area contributed by atoms with E-state index in [1.165, 1.54) is 5.56 Å². The first-order chi connectivity index (χ1) is 6.18. The zero-order valence-corrected chi connectivity index (χ0v) is 11.3. The molecule has 0 aromatic heterocycles. The molecule has 1 rings (SSSR count). The normalized spacial score (nSPS) is 10.6. The smallest absolute Gasteiger partial charge is 0.215 e. The fourth-order valence-corrected chi connectivity index (χ4v) is 1.25. The Morgan fingerprint density at radius 1 is 1.14 bits per heavy atom. The molecule has 80 valence electrons. The largest absolute Gasteiger partial charge is 0.450 e. The Morgan fingerprint density at radius 2 is 1.71 bits per heavy atom. The zero-order valence-electron chi connectivity index (χ0n) is 8.61. The minimum absolute atomic E-state index is 0. The lowest BCUT2D eigenvalue weighted by atomic mass is 10.2. The lowest BCUT2D eigenvalue weighted by Gasteiger charge is -2.08. The van der Waals surface area contributed by atoms with Crippen molar-refractivity contribution < 1.29 is 9.05 Å². The second kappa shape index (κ2) is 7.22. The van der Waals surface area contributed by atoms with Crippen molar-refractivity contribution in [3.8, 4) is 5.75 Å². The van der Waals surface area contributed by atoms with Gasteiger partial charge < -0.3 is 9.05 Å². The lowest BCUT2D eigenvalue weighted by Crippen LogP contribution is -1.94. The monoisotopic (exact) mass is 278 g/mol. The van der Waals surface area contributed by atoms with E-state index in [0.717, 1.165) is 5.75 Å². The summed E-state index contributed by atoms with van der Waals surface area (Å²) in [6, 6.07) is 7.95. The number of hydrogen-bond acceptors (Lipinski definition) is 2. The van der Waals surface area contributed by atoms with Crippen molar-refractivity contribution in [2.24, 2.45) is 0 Å². The maximum absolute atomic E-state index is 5.38. The number of benzene rings is 1. The molecular weight excluding hydrogens is 263 g/mol. The van der Waals surface area contributed by atoms with E-state index >= 15 is 0 Å². The van der Waals surface area contributed by atoms with Crippen molar-refractivity contribution in [1.82, 2.24) is 0 Å². The summed E-state index contributed by atoms with van der Waals surface area (Å²) in [5.41, 5.74) is 1.24. The first kappa shape index (κ1) is 13.9. The molecule has 0 fully saturated rings. The van der Waals surface area contributed by atoms with Crippen LogP contribution in [0.15, 0.2) is 24.3 Å². The Kier molecular flexibility index (Phi) is 7.16. The van der Waals surface area contributed by atoms with Gasteiger partial charge in [0.2, 0.25) is 9.03 Å². The van der Waals surface area contributed by atoms with Gasteiger partial charge in [-0.15, -0.1) is 17.0 Å². The third kappa shape index (κ3) is 5.58. The van der Waals surface area contributed by atoms with Gasteiger partial charge in [0.05, 0.1) is 6.10 Å². The number of rotatable bonds is 4. The summed E-state index contributed by atoms with van der Waals surface area (Å²) < 4.78 is 10.7. The highest BCUT2D eigenvalue weighted by atomic mass is 79.9. The fourth-order valence-electron chi connectivity index (χ4n) is 0.775. The van der Waals surface area contributed by atoms with Crippen molar-refractivity contribution in [3.63, 3.8) is 0 Å². The minimum Gasteiger partial charge on any atom is -0.450 e. The maximum Gasteiger partial charge on any atom is 0.215 e. The molecule has 0 bridgehead atoms. The van der Waals surface area contributed by atoms with Crippen LogP contribution in [-0.2, 0) is 4.52 Å². The molecular formula is C10H16BrO2P. The van der Waals surface area contributed by atoms with Crippen LogP contribution in [0.4, 0.5) is 0 Å². The van der Waals surface area contributed by atoms with Crippen LogP contribution in [0.25, 0.3) is 0 Å². The topological polar surface area (TPSA) is 18.5 Å². The van der Waals surface area contributed by atoms with Crippen LogP contribution in [0.5, 0.6) is 5.75 Å². The summed E-state index contributed by atoms with van der Waals surface area (Å²) in [6.45, 7) is 6.04. The third-order valence-corrected chi connectivity index (χ3v) is 2.35. The summed E-state index contributed by atoms with van der Waals surface area (Å²) in [4.78, 5) is 0. The summed E-state index contributed by atoms with van der Waals surface area (Å²) in [6.07, 6.45) is 0.226. The van der Waals surface area contributed by atoms with Gasteiger partial charge in [-0.2, -0.15) is 0 Å². The number of hydrogen-bond donors (Lipinski definition) is 0. The first-order valence-corrected chi connectivity index (χ1v) is 5.14. The van der Waals surface area contributed by atoms with Crippen LogP contribution in [0, 0.1) is 6.92 Å². The van der Waals surface area contributed by atoms with Crippen LogP contribution in [0.1, 0.15) is 19.4 Å². The van der Waals surface area contributed by atoms with Crippen molar-refractivity contribution in [2.45, 2.75) is 26.9 Å². The predicted octanol–water partition coefficient (Wildman–Crippen LogP) is 3.89. The van der Waals surface area contributed by atoms with Crippen LogP contribution in [0.2, 0.25) is 0 Å². The van der Waals surface area contributed by atoms with Gasteiger partial charge >= 0.3 is 0 Å². The molecule has 0 radical (unpaired) electrons. The molecule has 0 amide bonds. The average Bonchev–Trinajstić information content (AvgIpc) is 2.08. The van der Waals surface area contributed by atoms with Crippen molar-refractivity contribution in [3.05, 3.63) is 29.8 Å². The highest BCUT2D eigenvalue weighted by Gasteiger charge is 1.95. The Balaban J connectivity index is 0.00000169. The Labute approximate surface area is 97.7 Å². The molecule has 0 spiro atoms. The first-order valence-electron chi connectivity index (χ1n) is 4.32. The molecule has 0 heterocycles. The summed E-state index contributed by atoms with van der Waals surface area (Å²) >= 11 is 0. The second-order valence-corrected chi connectivity index (χ2v) is 3.77. The minimum atomic E-state index is 0. The van der Waals surface area contributed by atoms with E-state index in [0.29, 0.717) is 0 Å². The van der Waals surface area contributed by atoms with Crippen LogP contribution < -0.4 is 4.52 Å². The van der Waals surface area contributed by atoms with E-state index in [4.69, 9.17) is 9.05 Å². The average molecular weight is 279 g/mol. The van der Waals surface area contributed by atoms with E-state index in [2.05, 4.69) is 6.92 Å². The molecule has 4 heteroatoms. The van der Waals surface area contributed by atoms with E-state index in [1.54, 1.807) is 0 Å². The number of aryl methyl sites for hydroxylation is 1. The standard InChI is InChI=1S/C10H15O2P.BrH/c1-8(2)11-13-12-10-6-4-9(3)5-7-10;/h4-8,13H,1-3H3;1H. The molecule has 14 heavy (non-hydrogen) atoms. The fraction of sp³-hybridized carbons (Fsp3) is 0.400. The molecule has 0 saturated carbocycles. The molecule has 0 aliphatic rings. The van der Waals surface area contributed by atoms with Crippen LogP contribution in [-0.4, -0.2) is 6.10 Å². The van der Waals surface area contributed by atoms with Crippen molar-refractivity contribution >= 4 is 26.0 Å². The van der Waals surface area contributed by atoms with E-state index in [1.807, 2.05) is 38.1 Å². The molecule has 0 N–H and O–H groups in total. The Bertz CT molecular complexity index is 249. The molecule has 2 nitrogen and oxygen atoms in total. The summed E-state index contributed by atoms with van der Waals surface area (Å²) in [5, 5.41) is 0. The molecule has 0 aliphatic carbocycles. The van der Waals surface area contributed by atoms with Gasteiger partial charge in [0.25, 0.3) is 0 Å². The highest BCUT2D eigenvalue weighted by molar-refractivity contribution is 8.93. The molecule has 1 aromatic rings. The SMILES string of the molecule is Br.Cc1ccc(OPOC(C)C)cc1. The van der Waals surface area contributed by atoms with E-state index in [-0.39, 0.29) is 32.1 Å².